The van der Waals surface area contributed by atoms with Crippen LogP contribution in [0.5, 0.6) is 5.75 Å². The Morgan fingerprint density at radius 3 is 2.46 bits per heavy atom. The number of carbonyl (C=O) groups excluding carboxylic acids is 1. The standard InChI is InChI=1S/C29H22N4O2S2/c1-16-8-10-17(11-9-16)20-15-22(18-6-4-3-5-7-18)31-28-24(20)25(30)26(37-28)27(34)33-29-32-21-13-12-19(35-2)14-23(21)36-29/h3-15H,30H2,1-2H3,(H,32,33,34). The van der Waals surface area contributed by atoms with Crippen molar-refractivity contribution in [1.82, 2.24) is 9.97 Å². The Morgan fingerprint density at radius 2 is 1.70 bits per heavy atom. The van der Waals surface area contributed by atoms with Gasteiger partial charge in [0.15, 0.2) is 5.13 Å². The molecule has 0 radical (unpaired) electrons. The molecule has 8 heteroatoms. The Hall–Kier alpha value is -4.27. The molecule has 6 nitrogen and oxygen atoms in total. The third-order valence-corrected chi connectivity index (χ3v) is 8.19. The maximum atomic E-state index is 13.4. The van der Waals surface area contributed by atoms with Gasteiger partial charge >= 0.3 is 0 Å². The van der Waals surface area contributed by atoms with Crippen molar-refractivity contribution in [3.05, 3.63) is 89.3 Å². The van der Waals surface area contributed by atoms with E-state index in [1.165, 1.54) is 28.2 Å². The summed E-state index contributed by atoms with van der Waals surface area (Å²) in [4.78, 5) is 24.0. The van der Waals surface area contributed by atoms with Crippen molar-refractivity contribution in [2.45, 2.75) is 6.92 Å². The molecule has 0 saturated carbocycles. The van der Waals surface area contributed by atoms with E-state index in [0.717, 1.165) is 43.7 Å². The second kappa shape index (κ2) is 9.31. The second-order valence-electron chi connectivity index (χ2n) is 8.62. The summed E-state index contributed by atoms with van der Waals surface area (Å²) >= 11 is 2.68. The zero-order valence-corrected chi connectivity index (χ0v) is 21.7. The van der Waals surface area contributed by atoms with Gasteiger partial charge in [-0.1, -0.05) is 71.5 Å². The largest absolute Gasteiger partial charge is 0.497 e. The summed E-state index contributed by atoms with van der Waals surface area (Å²) in [5.41, 5.74) is 12.8. The molecule has 0 unspecified atom stereocenters. The average molecular weight is 523 g/mol. The van der Waals surface area contributed by atoms with Crippen molar-refractivity contribution in [3.63, 3.8) is 0 Å². The van der Waals surface area contributed by atoms with Crippen molar-refractivity contribution >= 4 is 59.8 Å². The van der Waals surface area contributed by atoms with Gasteiger partial charge in [0.2, 0.25) is 0 Å². The third kappa shape index (κ3) is 4.30. The number of nitrogen functional groups attached to an aromatic ring is 1. The monoisotopic (exact) mass is 522 g/mol. The Balaban J connectivity index is 1.45. The number of amides is 1. The minimum absolute atomic E-state index is 0.303. The van der Waals surface area contributed by atoms with E-state index in [1.807, 2.05) is 54.6 Å². The van der Waals surface area contributed by atoms with Gasteiger partial charge in [0.25, 0.3) is 5.91 Å². The number of carbonyl (C=O) groups is 1. The second-order valence-corrected chi connectivity index (χ2v) is 10.6. The number of anilines is 2. The maximum absolute atomic E-state index is 13.4. The molecular formula is C29H22N4O2S2. The van der Waals surface area contributed by atoms with E-state index in [4.69, 9.17) is 15.5 Å². The van der Waals surface area contributed by atoms with Crippen LogP contribution in [0.15, 0.2) is 78.9 Å². The van der Waals surface area contributed by atoms with Crippen LogP contribution in [0.1, 0.15) is 15.2 Å². The Kier molecular flexibility index (Phi) is 5.82. The predicted molar refractivity (Wildman–Crippen MR) is 154 cm³/mol. The molecule has 6 rings (SSSR count). The fourth-order valence-corrected chi connectivity index (χ4v) is 6.15. The smallest absolute Gasteiger partial charge is 0.269 e. The first-order valence-corrected chi connectivity index (χ1v) is 13.2. The summed E-state index contributed by atoms with van der Waals surface area (Å²) in [6.45, 7) is 2.06. The highest BCUT2D eigenvalue weighted by atomic mass is 32.1. The van der Waals surface area contributed by atoms with Crippen LogP contribution >= 0.6 is 22.7 Å². The highest BCUT2D eigenvalue weighted by Crippen LogP contribution is 2.42. The molecule has 0 saturated heterocycles. The molecule has 0 bridgehead atoms. The van der Waals surface area contributed by atoms with Crippen molar-refractivity contribution < 1.29 is 9.53 Å². The van der Waals surface area contributed by atoms with E-state index in [1.54, 1.807) is 7.11 Å². The predicted octanol–water partition coefficient (Wildman–Crippen LogP) is 7.39. The molecule has 3 aromatic heterocycles. The summed E-state index contributed by atoms with van der Waals surface area (Å²) in [6.07, 6.45) is 0. The fraction of sp³-hybridized carbons (Fsp3) is 0.0690. The van der Waals surface area contributed by atoms with Gasteiger partial charge in [-0.25, -0.2) is 9.97 Å². The van der Waals surface area contributed by atoms with Gasteiger partial charge in [-0.15, -0.1) is 11.3 Å². The highest BCUT2D eigenvalue weighted by molar-refractivity contribution is 7.23. The van der Waals surface area contributed by atoms with Crippen LogP contribution in [-0.2, 0) is 0 Å². The summed E-state index contributed by atoms with van der Waals surface area (Å²) < 4.78 is 6.22. The molecule has 0 aliphatic rings. The lowest BCUT2D eigenvalue weighted by Crippen LogP contribution is -2.11. The molecular weight excluding hydrogens is 500 g/mol. The number of pyridine rings is 1. The van der Waals surface area contributed by atoms with Gasteiger partial charge in [0.05, 0.1) is 28.7 Å². The number of nitrogens with one attached hydrogen (secondary N) is 1. The number of aryl methyl sites for hydroxylation is 1. The summed E-state index contributed by atoms with van der Waals surface area (Å²) in [5.74, 6) is 0.439. The first-order valence-electron chi connectivity index (χ1n) is 11.6. The van der Waals surface area contributed by atoms with Gasteiger partial charge in [-0.05, 0) is 42.3 Å². The van der Waals surface area contributed by atoms with E-state index in [-0.39, 0.29) is 5.91 Å². The number of thiophene rings is 1. The molecule has 0 fully saturated rings. The van der Waals surface area contributed by atoms with E-state index >= 15 is 0 Å². The van der Waals surface area contributed by atoms with E-state index < -0.39 is 0 Å². The van der Waals surface area contributed by atoms with Crippen LogP contribution in [0.25, 0.3) is 42.8 Å². The molecule has 3 heterocycles. The van der Waals surface area contributed by atoms with Gasteiger partial charge in [0, 0.05) is 10.9 Å². The number of hydrogen-bond donors (Lipinski definition) is 2. The molecule has 6 aromatic rings. The van der Waals surface area contributed by atoms with E-state index in [2.05, 4.69) is 41.5 Å². The first kappa shape index (κ1) is 23.1. The lowest BCUT2D eigenvalue weighted by Gasteiger charge is -2.09. The molecule has 0 aliphatic heterocycles. The third-order valence-electron chi connectivity index (χ3n) is 6.15. The number of ether oxygens (including phenoxy) is 1. The maximum Gasteiger partial charge on any atom is 0.269 e. The van der Waals surface area contributed by atoms with Crippen molar-refractivity contribution in [2.75, 3.05) is 18.2 Å². The number of thiazole rings is 1. The number of hydrogen-bond acceptors (Lipinski definition) is 7. The lowest BCUT2D eigenvalue weighted by molar-refractivity contribution is 0.103. The molecule has 182 valence electrons. The Morgan fingerprint density at radius 1 is 0.919 bits per heavy atom. The van der Waals surface area contributed by atoms with Crippen molar-refractivity contribution in [2.24, 2.45) is 0 Å². The number of nitrogens with zero attached hydrogens (tertiary/aromatic N) is 2. The van der Waals surface area contributed by atoms with Crippen LogP contribution in [0.2, 0.25) is 0 Å². The zero-order chi connectivity index (χ0) is 25.5. The normalized spacial score (nSPS) is 11.2. The molecule has 3 aromatic carbocycles. The molecule has 1 amide bonds. The minimum atomic E-state index is -0.303. The number of nitrogens with two attached hydrogens (primary N) is 1. The summed E-state index contributed by atoms with van der Waals surface area (Å²) in [6, 6.07) is 26.0. The van der Waals surface area contributed by atoms with E-state index in [0.29, 0.717) is 20.5 Å². The van der Waals surface area contributed by atoms with Gasteiger partial charge in [-0.3, -0.25) is 10.1 Å². The topological polar surface area (TPSA) is 90.1 Å². The Labute approximate surface area is 221 Å². The quantitative estimate of drug-likeness (QED) is 0.246. The number of rotatable bonds is 5. The highest BCUT2D eigenvalue weighted by Gasteiger charge is 2.22. The SMILES string of the molecule is COc1ccc2nc(NC(=O)c3sc4nc(-c5ccccc5)cc(-c5ccc(C)cc5)c4c3N)sc2c1. The summed E-state index contributed by atoms with van der Waals surface area (Å²) in [7, 11) is 1.62. The van der Waals surface area contributed by atoms with Gasteiger partial charge < -0.3 is 10.5 Å². The lowest BCUT2D eigenvalue weighted by atomic mass is 9.99. The van der Waals surface area contributed by atoms with Crippen molar-refractivity contribution in [1.29, 1.82) is 0 Å². The van der Waals surface area contributed by atoms with Crippen LogP contribution in [-0.4, -0.2) is 23.0 Å². The van der Waals surface area contributed by atoms with Gasteiger partial charge in [0.1, 0.15) is 15.5 Å². The average Bonchev–Trinajstić information content (AvgIpc) is 3.48. The van der Waals surface area contributed by atoms with Crippen molar-refractivity contribution in [3.8, 4) is 28.1 Å². The molecule has 0 atom stereocenters. The number of methoxy groups -OCH3 is 1. The Bertz CT molecular complexity index is 1770. The van der Waals surface area contributed by atoms with Crippen LogP contribution in [0.3, 0.4) is 0 Å². The molecule has 0 spiro atoms. The summed E-state index contributed by atoms with van der Waals surface area (Å²) in [5, 5.41) is 4.22. The molecule has 37 heavy (non-hydrogen) atoms. The van der Waals surface area contributed by atoms with Crippen LogP contribution < -0.4 is 15.8 Å². The molecule has 3 N–H and O–H groups in total. The number of fused-ring (bicyclic) bond motifs is 2. The van der Waals surface area contributed by atoms with Gasteiger partial charge in [-0.2, -0.15) is 0 Å². The minimum Gasteiger partial charge on any atom is -0.497 e. The zero-order valence-electron chi connectivity index (χ0n) is 20.1. The molecule has 0 aliphatic carbocycles. The first-order chi connectivity index (χ1) is 18.0. The fourth-order valence-electron chi connectivity index (χ4n) is 4.25. The van der Waals surface area contributed by atoms with Crippen LogP contribution in [0, 0.1) is 6.92 Å². The number of aromatic nitrogens is 2. The van der Waals surface area contributed by atoms with Crippen LogP contribution in [0.4, 0.5) is 10.8 Å². The number of benzene rings is 3. The van der Waals surface area contributed by atoms with E-state index in [9.17, 15) is 4.79 Å².